The molecule has 4 aromatic rings. The van der Waals surface area contributed by atoms with E-state index in [4.69, 9.17) is 15.1 Å². The Morgan fingerprint density at radius 1 is 0.844 bits per heavy atom. The van der Waals surface area contributed by atoms with Crippen molar-refractivity contribution < 1.29 is 0 Å². The van der Waals surface area contributed by atoms with Crippen LogP contribution in [0.2, 0.25) is 0 Å². The van der Waals surface area contributed by atoms with Gasteiger partial charge < -0.3 is 4.90 Å². The van der Waals surface area contributed by atoms with Gasteiger partial charge in [-0.25, -0.2) is 14.6 Å². The Kier molecular flexibility index (Phi) is 6.00. The molecule has 32 heavy (non-hydrogen) atoms. The maximum absolute atomic E-state index is 4.96. The van der Waals surface area contributed by atoms with Crippen LogP contribution < -0.4 is 4.90 Å². The molecule has 5 nitrogen and oxygen atoms in total. The third-order valence-corrected chi connectivity index (χ3v) is 5.93. The smallest absolute Gasteiger partial charge is 0.169 e. The molecule has 0 saturated heterocycles. The molecule has 0 fully saturated rings. The molecule has 4 rings (SSSR count). The van der Waals surface area contributed by atoms with Gasteiger partial charge in [-0.2, -0.15) is 5.10 Å². The van der Waals surface area contributed by atoms with E-state index in [1.54, 1.807) is 0 Å². The Morgan fingerprint density at radius 3 is 2.12 bits per heavy atom. The molecule has 0 radical (unpaired) electrons. The molecule has 0 aliphatic rings. The molecule has 0 spiro atoms. The number of benzene rings is 2. The van der Waals surface area contributed by atoms with Crippen molar-refractivity contribution in [2.24, 2.45) is 0 Å². The average Bonchev–Trinajstić information content (AvgIpc) is 3.04. The minimum absolute atomic E-state index is 0.765. The van der Waals surface area contributed by atoms with Gasteiger partial charge in [-0.3, -0.25) is 0 Å². The van der Waals surface area contributed by atoms with Gasteiger partial charge in [0.05, 0.1) is 16.8 Å². The Balaban J connectivity index is 1.90. The van der Waals surface area contributed by atoms with Gasteiger partial charge in [0.25, 0.3) is 0 Å². The van der Waals surface area contributed by atoms with Crippen LogP contribution in [0.15, 0.2) is 36.4 Å². The van der Waals surface area contributed by atoms with Crippen molar-refractivity contribution in [3.8, 4) is 5.69 Å². The lowest BCUT2D eigenvalue weighted by molar-refractivity contribution is 0.754. The summed E-state index contributed by atoms with van der Waals surface area (Å²) < 4.78 is 2.02. The predicted octanol–water partition coefficient (Wildman–Crippen LogP) is 6.08. The van der Waals surface area contributed by atoms with Gasteiger partial charge in [0.2, 0.25) is 0 Å². The molecule has 2 aromatic carbocycles. The fourth-order valence-electron chi connectivity index (χ4n) is 4.60. The standard InChI is InChI=1S/C27H33N5/c1-8-13-31(16-23-11-9-17(2)10-12-23)26-24-21(6)30-32(27(24)29-22(7)28-26)25-19(4)14-18(3)15-20(25)5/h9-12,14-15H,8,13,16H2,1-7H3. The molecule has 0 aliphatic carbocycles. The first-order valence-corrected chi connectivity index (χ1v) is 11.4. The fourth-order valence-corrected chi connectivity index (χ4v) is 4.60. The van der Waals surface area contributed by atoms with Crippen LogP contribution in [0.1, 0.15) is 52.7 Å². The predicted molar refractivity (Wildman–Crippen MR) is 133 cm³/mol. The summed E-state index contributed by atoms with van der Waals surface area (Å²) in [5.41, 5.74) is 9.17. The fraction of sp³-hybridized carbons (Fsp3) is 0.370. The number of fused-ring (bicyclic) bond motifs is 1. The summed E-state index contributed by atoms with van der Waals surface area (Å²) >= 11 is 0. The Labute approximate surface area is 191 Å². The van der Waals surface area contributed by atoms with Crippen molar-refractivity contribution in [2.45, 2.75) is 61.4 Å². The molecule has 0 aliphatic heterocycles. The van der Waals surface area contributed by atoms with Crippen LogP contribution in [-0.2, 0) is 6.54 Å². The summed E-state index contributed by atoms with van der Waals surface area (Å²) in [5, 5.41) is 6.00. The lowest BCUT2D eigenvalue weighted by Crippen LogP contribution is -2.25. The zero-order chi connectivity index (χ0) is 23.0. The summed E-state index contributed by atoms with van der Waals surface area (Å²) in [6, 6.07) is 13.2. The lowest BCUT2D eigenvalue weighted by Gasteiger charge is -2.24. The van der Waals surface area contributed by atoms with E-state index in [0.29, 0.717) is 0 Å². The number of hydrogen-bond donors (Lipinski definition) is 0. The SMILES string of the molecule is CCCN(Cc1ccc(C)cc1)c1nc(C)nc2c1c(C)nn2-c1c(C)cc(C)cc1C. The van der Waals surface area contributed by atoms with Crippen LogP contribution in [0.5, 0.6) is 0 Å². The van der Waals surface area contributed by atoms with E-state index in [0.717, 1.165) is 53.6 Å². The number of rotatable bonds is 6. The van der Waals surface area contributed by atoms with E-state index in [-0.39, 0.29) is 0 Å². The molecule has 0 bridgehead atoms. The van der Waals surface area contributed by atoms with Crippen molar-refractivity contribution >= 4 is 16.9 Å². The van der Waals surface area contributed by atoms with Gasteiger partial charge in [-0.05, 0) is 64.7 Å². The molecule has 0 N–H and O–H groups in total. The highest BCUT2D eigenvalue weighted by atomic mass is 15.3. The second-order valence-electron chi connectivity index (χ2n) is 8.94. The Hall–Kier alpha value is -3.21. The van der Waals surface area contributed by atoms with Gasteiger partial charge in [0, 0.05) is 13.1 Å². The quantitative estimate of drug-likeness (QED) is 0.374. The first-order valence-electron chi connectivity index (χ1n) is 11.4. The average molecular weight is 428 g/mol. The summed E-state index contributed by atoms with van der Waals surface area (Å²) in [5.74, 6) is 1.74. The van der Waals surface area contributed by atoms with Gasteiger partial charge in [-0.15, -0.1) is 0 Å². The zero-order valence-electron chi connectivity index (χ0n) is 20.3. The monoisotopic (exact) mass is 427 g/mol. The summed E-state index contributed by atoms with van der Waals surface area (Å²) in [7, 11) is 0. The van der Waals surface area contributed by atoms with Crippen LogP contribution in [0, 0.1) is 41.5 Å². The van der Waals surface area contributed by atoms with Crippen molar-refractivity contribution in [1.82, 2.24) is 19.7 Å². The van der Waals surface area contributed by atoms with Gasteiger partial charge in [0.15, 0.2) is 5.65 Å². The molecule has 2 aromatic heterocycles. The van der Waals surface area contributed by atoms with E-state index >= 15 is 0 Å². The summed E-state index contributed by atoms with van der Waals surface area (Å²) in [4.78, 5) is 12.2. The van der Waals surface area contributed by atoms with Gasteiger partial charge >= 0.3 is 0 Å². The molecular formula is C27H33N5. The van der Waals surface area contributed by atoms with Crippen molar-refractivity contribution in [3.63, 3.8) is 0 Å². The maximum atomic E-state index is 4.96. The molecule has 0 atom stereocenters. The Morgan fingerprint density at radius 2 is 1.50 bits per heavy atom. The summed E-state index contributed by atoms with van der Waals surface area (Å²) in [6.07, 6.45) is 1.04. The minimum Gasteiger partial charge on any atom is -0.352 e. The van der Waals surface area contributed by atoms with Crippen molar-refractivity contribution in [2.75, 3.05) is 11.4 Å². The molecule has 166 valence electrons. The van der Waals surface area contributed by atoms with E-state index in [1.165, 1.54) is 27.8 Å². The van der Waals surface area contributed by atoms with E-state index < -0.39 is 0 Å². The number of hydrogen-bond acceptors (Lipinski definition) is 4. The highest BCUT2D eigenvalue weighted by Gasteiger charge is 2.22. The van der Waals surface area contributed by atoms with Crippen LogP contribution in [-0.4, -0.2) is 26.3 Å². The van der Waals surface area contributed by atoms with E-state index in [9.17, 15) is 0 Å². The minimum atomic E-state index is 0.765. The van der Waals surface area contributed by atoms with Crippen LogP contribution in [0.3, 0.4) is 0 Å². The number of aromatic nitrogens is 4. The lowest BCUT2D eigenvalue weighted by atomic mass is 10.1. The zero-order valence-corrected chi connectivity index (χ0v) is 20.3. The van der Waals surface area contributed by atoms with Crippen molar-refractivity contribution in [1.29, 1.82) is 0 Å². The first kappa shape index (κ1) is 22.0. The topological polar surface area (TPSA) is 46.8 Å². The van der Waals surface area contributed by atoms with Crippen LogP contribution in [0.4, 0.5) is 5.82 Å². The molecule has 5 heteroatoms. The molecular weight excluding hydrogens is 394 g/mol. The van der Waals surface area contributed by atoms with Gasteiger partial charge in [-0.1, -0.05) is 54.4 Å². The normalized spacial score (nSPS) is 11.3. The molecule has 0 amide bonds. The molecule has 0 unspecified atom stereocenters. The highest BCUT2D eigenvalue weighted by molar-refractivity contribution is 5.91. The maximum Gasteiger partial charge on any atom is 0.169 e. The first-order chi connectivity index (χ1) is 15.3. The summed E-state index contributed by atoms with van der Waals surface area (Å²) in [6.45, 7) is 16.5. The third-order valence-electron chi connectivity index (χ3n) is 5.93. The van der Waals surface area contributed by atoms with Gasteiger partial charge in [0.1, 0.15) is 11.6 Å². The van der Waals surface area contributed by atoms with Crippen LogP contribution in [0.25, 0.3) is 16.7 Å². The van der Waals surface area contributed by atoms with Crippen LogP contribution >= 0.6 is 0 Å². The third kappa shape index (κ3) is 4.12. The van der Waals surface area contributed by atoms with Crippen molar-refractivity contribution in [3.05, 3.63) is 75.7 Å². The highest BCUT2D eigenvalue weighted by Crippen LogP contribution is 2.32. The number of aryl methyl sites for hydroxylation is 6. The largest absolute Gasteiger partial charge is 0.352 e. The molecule has 2 heterocycles. The molecule has 0 saturated carbocycles. The van der Waals surface area contributed by atoms with E-state index in [2.05, 4.69) is 82.8 Å². The number of anilines is 1. The van der Waals surface area contributed by atoms with E-state index in [1.807, 2.05) is 11.6 Å². The Bertz CT molecular complexity index is 1240. The number of nitrogens with zero attached hydrogens (tertiary/aromatic N) is 5. The second-order valence-corrected chi connectivity index (χ2v) is 8.94. The second kappa shape index (κ2) is 8.73.